The smallest absolute Gasteiger partial charge is 0.152 e. The minimum absolute atomic E-state index is 0.120. The molecule has 0 amide bonds. The van der Waals surface area contributed by atoms with Crippen molar-refractivity contribution in [1.29, 1.82) is 5.26 Å². The Labute approximate surface area is 124 Å². The summed E-state index contributed by atoms with van der Waals surface area (Å²) in [5.41, 5.74) is -0.233. The maximum absolute atomic E-state index is 12.0. The van der Waals surface area contributed by atoms with Gasteiger partial charge in [0.2, 0.25) is 0 Å². The Kier molecular flexibility index (Phi) is 4.10. The van der Waals surface area contributed by atoms with Crippen LogP contribution < -0.4 is 0 Å². The summed E-state index contributed by atoms with van der Waals surface area (Å²) in [6, 6.07) is 9.17. The van der Waals surface area contributed by atoms with Crippen LogP contribution in [-0.2, 0) is 14.6 Å². The van der Waals surface area contributed by atoms with Crippen LogP contribution >= 0.6 is 11.6 Å². The summed E-state index contributed by atoms with van der Waals surface area (Å²) in [6.45, 7) is 2.38. The van der Waals surface area contributed by atoms with Crippen molar-refractivity contribution >= 4 is 21.4 Å². The molecule has 0 spiro atoms. The van der Waals surface area contributed by atoms with Crippen LogP contribution in [0.25, 0.3) is 0 Å². The Morgan fingerprint density at radius 2 is 2.20 bits per heavy atom. The molecule has 1 saturated carbocycles. The maximum Gasteiger partial charge on any atom is 0.152 e. The average molecular weight is 314 g/mol. The van der Waals surface area contributed by atoms with E-state index >= 15 is 0 Å². The topological polar surface area (TPSA) is 67.2 Å². The predicted octanol–water partition coefficient (Wildman–Crippen LogP) is 2.40. The Balaban J connectivity index is 2.43. The molecule has 1 fully saturated rings. The van der Waals surface area contributed by atoms with Gasteiger partial charge in [-0.1, -0.05) is 23.7 Å². The van der Waals surface area contributed by atoms with Gasteiger partial charge in [0.05, 0.1) is 17.9 Å². The van der Waals surface area contributed by atoms with Gasteiger partial charge in [0.1, 0.15) is 5.41 Å². The van der Waals surface area contributed by atoms with E-state index in [4.69, 9.17) is 16.3 Å². The van der Waals surface area contributed by atoms with E-state index in [0.717, 1.165) is 5.56 Å². The highest BCUT2D eigenvalue weighted by Gasteiger charge is 2.71. The van der Waals surface area contributed by atoms with Crippen molar-refractivity contribution in [3.63, 3.8) is 0 Å². The first kappa shape index (κ1) is 15.3. The quantitative estimate of drug-likeness (QED) is 0.837. The lowest BCUT2D eigenvalue weighted by molar-refractivity contribution is 0.117. The van der Waals surface area contributed by atoms with Crippen LogP contribution in [0, 0.1) is 16.7 Å². The second kappa shape index (κ2) is 5.36. The number of rotatable bonds is 5. The van der Waals surface area contributed by atoms with Crippen molar-refractivity contribution in [2.75, 3.05) is 19.5 Å². The molecule has 0 radical (unpaired) electrons. The van der Waals surface area contributed by atoms with Gasteiger partial charge in [-0.3, -0.25) is 0 Å². The first-order valence-corrected chi connectivity index (χ1v) is 8.63. The van der Waals surface area contributed by atoms with Gasteiger partial charge < -0.3 is 4.74 Å². The normalized spacial score (nSPS) is 28.9. The largest absolute Gasteiger partial charge is 0.380 e. The van der Waals surface area contributed by atoms with E-state index in [1.807, 2.05) is 6.92 Å². The number of benzene rings is 1. The van der Waals surface area contributed by atoms with Gasteiger partial charge in [-0.15, -0.1) is 0 Å². The molecule has 20 heavy (non-hydrogen) atoms. The van der Waals surface area contributed by atoms with Crippen molar-refractivity contribution in [3.8, 4) is 6.07 Å². The third-order valence-electron chi connectivity index (χ3n) is 3.68. The standard InChI is InChI=1S/C14H16ClNO3S/c1-3-19-9-14(8-16)12(13(14)20(2,17)18)10-5-4-6-11(15)7-10/h4-7,12-13H,3,9H2,1-2H3/t12-,13-,14+/m0/s1. The summed E-state index contributed by atoms with van der Waals surface area (Å²) >= 11 is 5.96. The van der Waals surface area contributed by atoms with Crippen molar-refractivity contribution in [3.05, 3.63) is 34.9 Å². The molecule has 0 heterocycles. The minimum Gasteiger partial charge on any atom is -0.380 e. The Morgan fingerprint density at radius 3 is 2.70 bits per heavy atom. The van der Waals surface area contributed by atoms with Crippen LogP contribution in [0.3, 0.4) is 0 Å². The molecule has 108 valence electrons. The van der Waals surface area contributed by atoms with Crippen LogP contribution in [0.2, 0.25) is 5.02 Å². The van der Waals surface area contributed by atoms with Gasteiger partial charge in [0.15, 0.2) is 9.84 Å². The molecule has 6 heteroatoms. The molecule has 1 aliphatic rings. The van der Waals surface area contributed by atoms with Gasteiger partial charge >= 0.3 is 0 Å². The minimum atomic E-state index is -3.34. The van der Waals surface area contributed by atoms with Crippen molar-refractivity contribution < 1.29 is 13.2 Å². The SMILES string of the molecule is CCOC[C@]1(C#N)[C@@H](c2cccc(Cl)c2)[C@@H]1S(C)(=O)=O. The summed E-state index contributed by atoms with van der Waals surface area (Å²) in [5.74, 6) is -0.382. The molecule has 1 aliphatic carbocycles. The van der Waals surface area contributed by atoms with Gasteiger partial charge in [-0.05, 0) is 24.6 Å². The molecule has 1 aromatic carbocycles. The van der Waals surface area contributed by atoms with Crippen LogP contribution in [0.4, 0.5) is 0 Å². The third kappa shape index (κ3) is 2.56. The van der Waals surface area contributed by atoms with E-state index in [9.17, 15) is 13.7 Å². The molecule has 0 unspecified atom stereocenters. The number of nitrogens with zero attached hydrogens (tertiary/aromatic N) is 1. The lowest BCUT2D eigenvalue weighted by atomic mass is 10.0. The zero-order valence-corrected chi connectivity index (χ0v) is 12.9. The maximum atomic E-state index is 12.0. The lowest BCUT2D eigenvalue weighted by Crippen LogP contribution is -2.18. The molecular formula is C14H16ClNO3S. The number of hydrogen-bond acceptors (Lipinski definition) is 4. The van der Waals surface area contributed by atoms with Crippen molar-refractivity contribution in [1.82, 2.24) is 0 Å². The predicted molar refractivity (Wildman–Crippen MR) is 77.4 cm³/mol. The fraction of sp³-hybridized carbons (Fsp3) is 0.500. The van der Waals surface area contributed by atoms with E-state index in [1.54, 1.807) is 24.3 Å². The van der Waals surface area contributed by atoms with Crippen LogP contribution in [0.15, 0.2) is 24.3 Å². The first-order chi connectivity index (χ1) is 9.36. The first-order valence-electron chi connectivity index (χ1n) is 6.30. The monoisotopic (exact) mass is 313 g/mol. The second-order valence-electron chi connectivity index (χ2n) is 5.07. The Bertz CT molecular complexity index is 653. The number of ether oxygens (including phenoxy) is 1. The molecule has 2 rings (SSSR count). The average Bonchev–Trinajstić information content (AvgIpc) is 3.06. The molecule has 0 saturated heterocycles. The lowest BCUT2D eigenvalue weighted by Gasteiger charge is -2.08. The van der Waals surface area contributed by atoms with Crippen molar-refractivity contribution in [2.24, 2.45) is 5.41 Å². The summed E-state index contributed by atoms with van der Waals surface area (Å²) in [4.78, 5) is 0. The van der Waals surface area contributed by atoms with Crippen LogP contribution in [0.1, 0.15) is 18.4 Å². The van der Waals surface area contributed by atoms with E-state index < -0.39 is 20.5 Å². The fourth-order valence-corrected chi connectivity index (χ4v) is 4.86. The molecule has 0 aromatic heterocycles. The molecule has 0 bridgehead atoms. The molecule has 3 atom stereocenters. The summed E-state index contributed by atoms with van der Waals surface area (Å²) in [6.07, 6.45) is 1.17. The molecule has 4 nitrogen and oxygen atoms in total. The van der Waals surface area contributed by atoms with Gasteiger partial charge in [0.25, 0.3) is 0 Å². The number of sulfone groups is 1. The van der Waals surface area contributed by atoms with Gasteiger partial charge in [-0.2, -0.15) is 5.26 Å². The van der Waals surface area contributed by atoms with Gasteiger partial charge in [0, 0.05) is 23.8 Å². The fourth-order valence-electron chi connectivity index (χ4n) is 2.81. The number of hydrogen-bond donors (Lipinski definition) is 0. The van der Waals surface area contributed by atoms with E-state index in [1.165, 1.54) is 6.26 Å². The summed E-state index contributed by atoms with van der Waals surface area (Å²) in [7, 11) is -3.34. The Hall–Kier alpha value is -1.09. The third-order valence-corrected chi connectivity index (χ3v) is 5.53. The summed E-state index contributed by atoms with van der Waals surface area (Å²) in [5, 5.41) is 9.29. The van der Waals surface area contributed by atoms with E-state index in [2.05, 4.69) is 6.07 Å². The molecule has 0 aliphatic heterocycles. The summed E-state index contributed by atoms with van der Waals surface area (Å²) < 4.78 is 29.3. The highest BCUT2D eigenvalue weighted by molar-refractivity contribution is 7.91. The second-order valence-corrected chi connectivity index (χ2v) is 7.68. The number of halogens is 1. The van der Waals surface area contributed by atoms with Crippen LogP contribution in [0.5, 0.6) is 0 Å². The van der Waals surface area contributed by atoms with E-state index in [-0.39, 0.29) is 12.5 Å². The molecule has 1 aromatic rings. The van der Waals surface area contributed by atoms with Crippen molar-refractivity contribution in [2.45, 2.75) is 18.1 Å². The number of nitriles is 1. The van der Waals surface area contributed by atoms with Crippen LogP contribution in [-0.4, -0.2) is 33.1 Å². The zero-order chi connectivity index (χ0) is 15.0. The highest BCUT2D eigenvalue weighted by atomic mass is 35.5. The highest BCUT2D eigenvalue weighted by Crippen LogP contribution is 2.62. The molecular weight excluding hydrogens is 298 g/mol. The van der Waals surface area contributed by atoms with Gasteiger partial charge in [-0.25, -0.2) is 8.42 Å². The van der Waals surface area contributed by atoms with E-state index in [0.29, 0.717) is 11.6 Å². The zero-order valence-electron chi connectivity index (χ0n) is 11.3. The Morgan fingerprint density at radius 1 is 1.50 bits per heavy atom. The molecule has 0 N–H and O–H groups in total.